The van der Waals surface area contributed by atoms with Crippen LogP contribution in [-0.4, -0.2) is 29.8 Å². The molecule has 0 saturated heterocycles. The minimum Gasteiger partial charge on any atom is -0.508 e. The first kappa shape index (κ1) is 17.8. The number of esters is 1. The molecule has 2 aromatic carbocycles. The van der Waals surface area contributed by atoms with Crippen LogP contribution in [0.5, 0.6) is 5.75 Å². The Bertz CT molecular complexity index is 805. The van der Waals surface area contributed by atoms with E-state index in [1.807, 2.05) is 36.4 Å². The molecular formula is C20H21NO5. The molecule has 0 saturated carbocycles. The Morgan fingerprint density at radius 3 is 2.65 bits per heavy atom. The summed E-state index contributed by atoms with van der Waals surface area (Å²) in [5.41, 5.74) is 1.20. The predicted octanol–water partition coefficient (Wildman–Crippen LogP) is 2.72. The lowest BCUT2D eigenvalue weighted by molar-refractivity contribution is -0.149. The van der Waals surface area contributed by atoms with E-state index in [1.165, 1.54) is 7.11 Å². The Hall–Kier alpha value is -3.02. The zero-order valence-electron chi connectivity index (χ0n) is 14.5. The summed E-state index contributed by atoms with van der Waals surface area (Å²) >= 11 is 0. The Balaban J connectivity index is 1.75. The van der Waals surface area contributed by atoms with Crippen LogP contribution in [0.3, 0.4) is 0 Å². The van der Waals surface area contributed by atoms with Crippen LogP contribution in [0.4, 0.5) is 4.79 Å². The molecule has 0 bridgehead atoms. The van der Waals surface area contributed by atoms with Gasteiger partial charge in [-0.3, -0.25) is 0 Å². The molecule has 0 heterocycles. The van der Waals surface area contributed by atoms with Crippen molar-refractivity contribution < 1.29 is 24.2 Å². The third kappa shape index (κ3) is 3.64. The quantitative estimate of drug-likeness (QED) is 0.824. The number of methoxy groups -OCH3 is 1. The average Bonchev–Trinajstić information content (AvgIpc) is 2.67. The number of fused-ring (bicyclic) bond motifs is 1. The predicted molar refractivity (Wildman–Crippen MR) is 94.6 cm³/mol. The third-order valence-electron chi connectivity index (χ3n) is 4.68. The second-order valence-electron chi connectivity index (χ2n) is 6.35. The highest BCUT2D eigenvalue weighted by molar-refractivity contribution is 5.86. The van der Waals surface area contributed by atoms with Crippen LogP contribution in [-0.2, 0) is 33.7 Å². The first-order chi connectivity index (χ1) is 12.5. The third-order valence-corrected chi connectivity index (χ3v) is 4.68. The van der Waals surface area contributed by atoms with Gasteiger partial charge in [0.05, 0.1) is 7.11 Å². The van der Waals surface area contributed by atoms with Gasteiger partial charge < -0.3 is 19.9 Å². The van der Waals surface area contributed by atoms with E-state index in [4.69, 9.17) is 9.47 Å². The second kappa shape index (κ2) is 7.47. The summed E-state index contributed by atoms with van der Waals surface area (Å²) in [4.78, 5) is 24.7. The highest BCUT2D eigenvalue weighted by Gasteiger charge is 2.45. The number of nitrogens with one attached hydrogen (secondary N) is 1. The number of aryl methyl sites for hydroxylation is 1. The number of phenolic OH excluding ortho intramolecular Hbond substituents is 1. The monoisotopic (exact) mass is 355 g/mol. The molecule has 136 valence electrons. The van der Waals surface area contributed by atoms with E-state index in [0.29, 0.717) is 18.4 Å². The number of benzene rings is 2. The molecule has 0 unspecified atom stereocenters. The topological polar surface area (TPSA) is 84.9 Å². The van der Waals surface area contributed by atoms with Gasteiger partial charge in [-0.2, -0.15) is 0 Å². The molecule has 1 amide bonds. The van der Waals surface area contributed by atoms with Gasteiger partial charge in [-0.15, -0.1) is 0 Å². The summed E-state index contributed by atoms with van der Waals surface area (Å²) in [6.07, 6.45) is 0.370. The summed E-state index contributed by atoms with van der Waals surface area (Å²) < 4.78 is 10.2. The van der Waals surface area contributed by atoms with Crippen molar-refractivity contribution in [3.05, 3.63) is 65.2 Å². The number of alkyl carbamates (subject to hydrolysis) is 1. The van der Waals surface area contributed by atoms with Crippen molar-refractivity contribution in [2.45, 2.75) is 31.4 Å². The van der Waals surface area contributed by atoms with Crippen LogP contribution >= 0.6 is 0 Å². The van der Waals surface area contributed by atoms with Crippen molar-refractivity contribution in [3.8, 4) is 5.75 Å². The number of phenols is 1. The molecule has 1 atom stereocenters. The molecule has 0 aromatic heterocycles. The van der Waals surface area contributed by atoms with Crippen molar-refractivity contribution in [2.75, 3.05) is 7.11 Å². The lowest BCUT2D eigenvalue weighted by Crippen LogP contribution is -2.58. The molecule has 2 aromatic rings. The van der Waals surface area contributed by atoms with Crippen LogP contribution in [0.15, 0.2) is 48.5 Å². The highest BCUT2D eigenvalue weighted by Crippen LogP contribution is 2.34. The van der Waals surface area contributed by atoms with Gasteiger partial charge in [0.25, 0.3) is 0 Å². The van der Waals surface area contributed by atoms with Gasteiger partial charge in [-0.25, -0.2) is 9.59 Å². The molecule has 6 heteroatoms. The van der Waals surface area contributed by atoms with Crippen molar-refractivity contribution in [2.24, 2.45) is 0 Å². The van der Waals surface area contributed by atoms with E-state index < -0.39 is 17.6 Å². The number of carbonyl (C=O) groups is 2. The van der Waals surface area contributed by atoms with Crippen LogP contribution in [0.25, 0.3) is 0 Å². The number of aromatic hydroxyl groups is 1. The largest absolute Gasteiger partial charge is 0.508 e. The van der Waals surface area contributed by atoms with E-state index in [9.17, 15) is 14.7 Å². The van der Waals surface area contributed by atoms with Gasteiger partial charge in [0.1, 0.15) is 17.9 Å². The minimum absolute atomic E-state index is 0.103. The van der Waals surface area contributed by atoms with Crippen LogP contribution < -0.4 is 5.32 Å². The van der Waals surface area contributed by atoms with E-state index in [1.54, 1.807) is 12.1 Å². The summed E-state index contributed by atoms with van der Waals surface area (Å²) in [7, 11) is 1.28. The first-order valence-electron chi connectivity index (χ1n) is 8.41. The Labute approximate surface area is 151 Å². The highest BCUT2D eigenvalue weighted by atomic mass is 16.6. The van der Waals surface area contributed by atoms with Crippen molar-refractivity contribution >= 4 is 12.1 Å². The van der Waals surface area contributed by atoms with E-state index in [0.717, 1.165) is 11.1 Å². The molecule has 1 aliphatic carbocycles. The molecule has 2 N–H and O–H groups in total. The van der Waals surface area contributed by atoms with Crippen LogP contribution in [0.2, 0.25) is 0 Å². The fourth-order valence-corrected chi connectivity index (χ4v) is 3.28. The Morgan fingerprint density at radius 1 is 1.15 bits per heavy atom. The molecular weight excluding hydrogens is 334 g/mol. The number of carbonyl (C=O) groups excluding carboxylic acids is 2. The molecule has 3 rings (SSSR count). The number of amides is 1. The van der Waals surface area contributed by atoms with Crippen molar-refractivity contribution in [1.82, 2.24) is 5.32 Å². The van der Waals surface area contributed by atoms with E-state index in [2.05, 4.69) is 5.32 Å². The SMILES string of the molecule is COC(=O)[C@]1(NC(=O)OCc2ccccc2)CCc2cccc(O)c2C1. The molecule has 0 aliphatic heterocycles. The molecule has 26 heavy (non-hydrogen) atoms. The standard InChI is InChI=1S/C20H21NO5/c1-25-18(23)20(11-10-15-8-5-9-17(22)16(15)12-20)21-19(24)26-13-14-6-3-2-4-7-14/h2-9,22H,10-13H2,1H3,(H,21,24)/t20-/m0/s1. The normalized spacial score (nSPS) is 18.5. The summed E-state index contributed by atoms with van der Waals surface area (Å²) in [5.74, 6) is -0.446. The number of hydrogen-bond acceptors (Lipinski definition) is 5. The minimum atomic E-state index is -1.26. The lowest BCUT2D eigenvalue weighted by Gasteiger charge is -2.36. The fourth-order valence-electron chi connectivity index (χ4n) is 3.28. The summed E-state index contributed by atoms with van der Waals surface area (Å²) in [5, 5.41) is 12.8. The van der Waals surface area contributed by atoms with Gasteiger partial charge in [-0.1, -0.05) is 42.5 Å². The first-order valence-corrected chi connectivity index (χ1v) is 8.41. The van der Waals surface area contributed by atoms with Gasteiger partial charge in [0.15, 0.2) is 0 Å². The number of ether oxygens (including phenoxy) is 2. The fraction of sp³-hybridized carbons (Fsp3) is 0.300. The zero-order valence-corrected chi connectivity index (χ0v) is 14.5. The zero-order chi connectivity index (χ0) is 18.6. The van der Waals surface area contributed by atoms with E-state index in [-0.39, 0.29) is 18.8 Å². The Kier molecular flexibility index (Phi) is 5.11. The molecule has 0 fully saturated rings. The van der Waals surface area contributed by atoms with Crippen LogP contribution in [0.1, 0.15) is 23.1 Å². The maximum Gasteiger partial charge on any atom is 0.408 e. The van der Waals surface area contributed by atoms with Crippen molar-refractivity contribution in [1.29, 1.82) is 0 Å². The van der Waals surface area contributed by atoms with Gasteiger partial charge in [0.2, 0.25) is 0 Å². The van der Waals surface area contributed by atoms with Gasteiger partial charge in [0, 0.05) is 6.42 Å². The van der Waals surface area contributed by atoms with Gasteiger partial charge >= 0.3 is 12.1 Å². The lowest BCUT2D eigenvalue weighted by atomic mass is 9.77. The second-order valence-corrected chi connectivity index (χ2v) is 6.35. The summed E-state index contributed by atoms with van der Waals surface area (Å²) in [6, 6.07) is 14.5. The van der Waals surface area contributed by atoms with E-state index >= 15 is 0 Å². The van der Waals surface area contributed by atoms with Crippen LogP contribution in [0, 0.1) is 0 Å². The van der Waals surface area contributed by atoms with Gasteiger partial charge in [-0.05, 0) is 35.6 Å². The molecule has 1 aliphatic rings. The Morgan fingerprint density at radius 2 is 1.92 bits per heavy atom. The smallest absolute Gasteiger partial charge is 0.408 e. The number of hydrogen-bond donors (Lipinski definition) is 2. The summed E-state index contributed by atoms with van der Waals surface area (Å²) in [6.45, 7) is 0.103. The molecule has 6 nitrogen and oxygen atoms in total. The number of rotatable bonds is 4. The average molecular weight is 355 g/mol. The van der Waals surface area contributed by atoms with Crippen molar-refractivity contribution in [3.63, 3.8) is 0 Å². The maximum atomic E-state index is 12.4. The molecule has 0 radical (unpaired) electrons. The molecule has 0 spiro atoms. The maximum absolute atomic E-state index is 12.4.